The van der Waals surface area contributed by atoms with Crippen molar-refractivity contribution in [3.63, 3.8) is 0 Å². The molecule has 1 amide bonds. The van der Waals surface area contributed by atoms with Crippen molar-refractivity contribution in [3.05, 3.63) is 88.3 Å². The number of benzene rings is 2. The fourth-order valence-corrected chi connectivity index (χ4v) is 2.46. The Morgan fingerprint density at radius 3 is 2.76 bits per heavy atom. The zero-order valence-corrected chi connectivity index (χ0v) is 14.8. The number of furan rings is 1. The van der Waals surface area contributed by atoms with Crippen molar-refractivity contribution in [2.24, 2.45) is 5.10 Å². The predicted octanol–water partition coefficient (Wildman–Crippen LogP) is 4.39. The Balaban J connectivity index is 1.70. The topological polar surface area (TPSA) is 63.8 Å². The van der Waals surface area contributed by atoms with E-state index < -0.39 is 0 Å². The van der Waals surface area contributed by atoms with E-state index in [9.17, 15) is 4.79 Å². The molecule has 1 N–H and O–H groups in total. The highest BCUT2D eigenvalue weighted by molar-refractivity contribution is 9.10. The Hall–Kier alpha value is -2.86. The highest BCUT2D eigenvalue weighted by Crippen LogP contribution is 2.24. The van der Waals surface area contributed by atoms with Gasteiger partial charge in [-0.05, 0) is 35.9 Å². The van der Waals surface area contributed by atoms with Crippen LogP contribution in [0.3, 0.4) is 0 Å². The van der Waals surface area contributed by atoms with Crippen LogP contribution in [0.15, 0.2) is 80.9 Å². The Labute approximate surface area is 153 Å². The third-order valence-corrected chi connectivity index (χ3v) is 3.82. The molecule has 6 heteroatoms. The molecule has 0 radical (unpaired) electrons. The largest absolute Gasteiger partial charge is 0.488 e. The molecule has 2 aromatic carbocycles. The lowest BCUT2D eigenvalue weighted by Crippen LogP contribution is -2.18. The van der Waals surface area contributed by atoms with Crippen molar-refractivity contribution >= 4 is 28.1 Å². The van der Waals surface area contributed by atoms with E-state index >= 15 is 0 Å². The molecule has 25 heavy (non-hydrogen) atoms. The van der Waals surface area contributed by atoms with E-state index in [1.807, 2.05) is 30.3 Å². The molecule has 5 nitrogen and oxygen atoms in total. The van der Waals surface area contributed by atoms with Gasteiger partial charge in [-0.25, -0.2) is 5.43 Å². The van der Waals surface area contributed by atoms with Gasteiger partial charge in [0, 0.05) is 4.47 Å². The van der Waals surface area contributed by atoms with Gasteiger partial charge in [0.1, 0.15) is 18.1 Å². The van der Waals surface area contributed by atoms with Crippen LogP contribution in [-0.2, 0) is 6.61 Å². The molecule has 0 aliphatic heterocycles. The third kappa shape index (κ3) is 4.81. The molecular weight excluding hydrogens is 384 g/mol. The molecule has 0 atom stereocenters. The van der Waals surface area contributed by atoms with Crippen LogP contribution in [0.5, 0.6) is 5.75 Å². The van der Waals surface area contributed by atoms with Crippen LogP contribution in [0.2, 0.25) is 0 Å². The van der Waals surface area contributed by atoms with Crippen molar-refractivity contribution in [1.82, 2.24) is 5.43 Å². The van der Waals surface area contributed by atoms with E-state index in [0.717, 1.165) is 10.0 Å². The number of carbonyl (C=O) groups excluding carboxylic acids is 1. The summed E-state index contributed by atoms with van der Waals surface area (Å²) in [5, 5.41) is 3.89. The lowest BCUT2D eigenvalue weighted by Gasteiger charge is -2.11. The summed E-state index contributed by atoms with van der Waals surface area (Å²) in [4.78, 5) is 12.4. The number of rotatable bonds is 6. The molecule has 0 spiro atoms. The molecule has 3 rings (SSSR count). The van der Waals surface area contributed by atoms with Gasteiger partial charge < -0.3 is 9.15 Å². The van der Waals surface area contributed by atoms with E-state index in [0.29, 0.717) is 23.7 Å². The minimum absolute atomic E-state index is 0.363. The Bertz CT molecular complexity index is 862. The van der Waals surface area contributed by atoms with E-state index in [4.69, 9.17) is 9.15 Å². The summed E-state index contributed by atoms with van der Waals surface area (Å²) in [6.07, 6.45) is 2.97. The van der Waals surface area contributed by atoms with Gasteiger partial charge in [0.05, 0.1) is 18.0 Å². The van der Waals surface area contributed by atoms with Crippen molar-refractivity contribution in [3.8, 4) is 5.75 Å². The Morgan fingerprint density at radius 1 is 1.16 bits per heavy atom. The number of hydrogen-bond acceptors (Lipinski definition) is 4. The SMILES string of the molecule is O=C(NN=Cc1ccco1)c1ccc(Br)cc1OCc1ccccc1. The normalized spacial score (nSPS) is 10.8. The summed E-state index contributed by atoms with van der Waals surface area (Å²) < 4.78 is 11.8. The zero-order valence-electron chi connectivity index (χ0n) is 13.2. The second kappa shape index (κ2) is 8.30. The zero-order chi connectivity index (χ0) is 17.5. The van der Waals surface area contributed by atoms with Gasteiger partial charge in [-0.2, -0.15) is 5.10 Å². The minimum Gasteiger partial charge on any atom is -0.488 e. The average molecular weight is 399 g/mol. The summed E-state index contributed by atoms with van der Waals surface area (Å²) >= 11 is 3.40. The maximum Gasteiger partial charge on any atom is 0.275 e. The minimum atomic E-state index is -0.363. The lowest BCUT2D eigenvalue weighted by molar-refractivity contribution is 0.0950. The molecular formula is C19H15BrN2O3. The van der Waals surface area contributed by atoms with Gasteiger partial charge in [0.15, 0.2) is 0 Å². The fourth-order valence-electron chi connectivity index (χ4n) is 2.12. The van der Waals surface area contributed by atoms with Crippen LogP contribution in [0.4, 0.5) is 0 Å². The highest BCUT2D eigenvalue weighted by Gasteiger charge is 2.13. The Morgan fingerprint density at radius 2 is 2.00 bits per heavy atom. The number of amides is 1. The van der Waals surface area contributed by atoms with Gasteiger partial charge in [-0.3, -0.25) is 4.79 Å². The first-order chi connectivity index (χ1) is 12.2. The quantitative estimate of drug-likeness (QED) is 0.494. The van der Waals surface area contributed by atoms with Crippen LogP contribution in [-0.4, -0.2) is 12.1 Å². The number of hydrazone groups is 1. The monoisotopic (exact) mass is 398 g/mol. The van der Waals surface area contributed by atoms with Crippen molar-refractivity contribution in [2.45, 2.75) is 6.61 Å². The third-order valence-electron chi connectivity index (χ3n) is 3.33. The number of halogens is 1. The standard InChI is InChI=1S/C19H15BrN2O3/c20-15-8-9-17(19(23)22-21-12-16-7-4-10-24-16)18(11-15)25-13-14-5-2-1-3-6-14/h1-12H,13H2,(H,22,23). The van der Waals surface area contributed by atoms with Crippen LogP contribution < -0.4 is 10.2 Å². The molecule has 0 bridgehead atoms. The summed E-state index contributed by atoms with van der Waals surface area (Å²) in [5.74, 6) is 0.666. The van der Waals surface area contributed by atoms with Gasteiger partial charge in [0.25, 0.3) is 5.91 Å². The summed E-state index contributed by atoms with van der Waals surface area (Å²) in [6.45, 7) is 0.368. The van der Waals surface area contributed by atoms with Crippen LogP contribution >= 0.6 is 15.9 Å². The average Bonchev–Trinajstić information content (AvgIpc) is 3.14. The molecule has 1 heterocycles. The smallest absolute Gasteiger partial charge is 0.275 e. The predicted molar refractivity (Wildman–Crippen MR) is 98.7 cm³/mol. The number of nitrogens with zero attached hydrogens (tertiary/aromatic N) is 1. The first-order valence-electron chi connectivity index (χ1n) is 7.55. The number of ether oxygens (including phenoxy) is 1. The summed E-state index contributed by atoms with van der Waals surface area (Å²) in [7, 11) is 0. The van der Waals surface area contributed by atoms with E-state index in [2.05, 4.69) is 26.5 Å². The number of hydrogen-bond donors (Lipinski definition) is 1. The first-order valence-corrected chi connectivity index (χ1v) is 8.35. The molecule has 126 valence electrons. The molecule has 0 aliphatic rings. The van der Waals surface area contributed by atoms with Gasteiger partial charge in [-0.15, -0.1) is 0 Å². The number of nitrogens with one attached hydrogen (secondary N) is 1. The molecule has 1 aromatic heterocycles. The van der Waals surface area contributed by atoms with E-state index in [1.54, 1.807) is 30.3 Å². The van der Waals surface area contributed by atoms with Crippen LogP contribution in [0, 0.1) is 0 Å². The summed E-state index contributed by atoms with van der Waals surface area (Å²) in [6, 6.07) is 18.5. The van der Waals surface area contributed by atoms with Gasteiger partial charge >= 0.3 is 0 Å². The van der Waals surface area contributed by atoms with Crippen molar-refractivity contribution < 1.29 is 13.9 Å². The van der Waals surface area contributed by atoms with Crippen molar-refractivity contribution in [2.75, 3.05) is 0 Å². The van der Waals surface area contributed by atoms with Gasteiger partial charge in [-0.1, -0.05) is 46.3 Å². The molecule has 0 fully saturated rings. The Kier molecular flexibility index (Phi) is 5.64. The maximum atomic E-state index is 12.4. The lowest BCUT2D eigenvalue weighted by atomic mass is 10.2. The molecule has 0 saturated carbocycles. The van der Waals surface area contributed by atoms with Crippen molar-refractivity contribution in [1.29, 1.82) is 0 Å². The molecule has 3 aromatic rings. The highest BCUT2D eigenvalue weighted by atomic mass is 79.9. The number of carbonyl (C=O) groups is 1. The van der Waals surface area contributed by atoms with E-state index in [-0.39, 0.29) is 5.91 Å². The van der Waals surface area contributed by atoms with Crippen LogP contribution in [0.25, 0.3) is 0 Å². The molecule has 0 saturated heterocycles. The van der Waals surface area contributed by atoms with Gasteiger partial charge in [0.2, 0.25) is 0 Å². The fraction of sp³-hybridized carbons (Fsp3) is 0.0526. The summed E-state index contributed by atoms with van der Waals surface area (Å²) in [5.41, 5.74) is 3.89. The van der Waals surface area contributed by atoms with E-state index in [1.165, 1.54) is 12.5 Å². The first kappa shape index (κ1) is 17.0. The second-order valence-electron chi connectivity index (χ2n) is 5.13. The second-order valence-corrected chi connectivity index (χ2v) is 6.04. The molecule has 0 unspecified atom stereocenters. The van der Waals surface area contributed by atoms with Crippen LogP contribution in [0.1, 0.15) is 21.7 Å². The maximum absolute atomic E-state index is 12.4. The molecule has 0 aliphatic carbocycles.